The predicted molar refractivity (Wildman–Crippen MR) is 107 cm³/mol. The van der Waals surface area contributed by atoms with Crippen molar-refractivity contribution in [1.82, 2.24) is 0 Å². The van der Waals surface area contributed by atoms with E-state index in [1.165, 1.54) is 36.6 Å². The zero-order valence-corrected chi connectivity index (χ0v) is 17.0. The summed E-state index contributed by atoms with van der Waals surface area (Å²) in [7, 11) is -1.53. The molecule has 1 aromatic rings. The molecule has 0 nitrogen and oxygen atoms in total. The van der Waals surface area contributed by atoms with Crippen LogP contribution < -0.4 is 0 Å². The van der Waals surface area contributed by atoms with Gasteiger partial charge in [0.25, 0.3) is 0 Å². The molecule has 0 spiro atoms. The van der Waals surface area contributed by atoms with Gasteiger partial charge in [-0.2, -0.15) is 0 Å². The largest absolute Gasteiger partial charge is 0.0919 e. The van der Waals surface area contributed by atoms with Gasteiger partial charge < -0.3 is 0 Å². The van der Waals surface area contributed by atoms with Gasteiger partial charge in [-0.3, -0.25) is 0 Å². The quantitative estimate of drug-likeness (QED) is 0.517. The van der Waals surface area contributed by atoms with E-state index >= 15 is 0 Å². The summed E-state index contributed by atoms with van der Waals surface area (Å²) in [4.78, 5) is 0. The standard InChI is InChI=1S/C21H25BrSi/c1-14-12-18-16-10-6-7-11-17(16)20(22)13-19(18)21(14)23(2,3)15-8-4-5-9-15/h4-5,8-9,13,15H,6-7,10-12H2,1-3H3. The van der Waals surface area contributed by atoms with Crippen LogP contribution in [-0.2, 0) is 19.3 Å². The minimum atomic E-state index is -1.53. The van der Waals surface area contributed by atoms with E-state index in [9.17, 15) is 0 Å². The Labute approximate surface area is 149 Å². The lowest BCUT2D eigenvalue weighted by Gasteiger charge is -2.31. The monoisotopic (exact) mass is 384 g/mol. The first-order valence-corrected chi connectivity index (χ1v) is 12.8. The van der Waals surface area contributed by atoms with E-state index in [0.29, 0.717) is 5.54 Å². The number of benzene rings is 1. The maximum Gasteiger partial charge on any atom is 0.0919 e. The van der Waals surface area contributed by atoms with E-state index in [2.05, 4.69) is 66.3 Å². The fourth-order valence-corrected chi connectivity index (χ4v) is 9.24. The predicted octanol–water partition coefficient (Wildman–Crippen LogP) is 6.40. The highest BCUT2D eigenvalue weighted by atomic mass is 79.9. The Morgan fingerprint density at radius 3 is 2.35 bits per heavy atom. The summed E-state index contributed by atoms with van der Waals surface area (Å²) in [5, 5.41) is 1.72. The number of rotatable bonds is 2. The molecule has 3 aliphatic rings. The number of fused-ring (bicyclic) bond motifs is 3. The molecule has 0 saturated heterocycles. The van der Waals surface area contributed by atoms with Gasteiger partial charge in [-0.25, -0.2) is 0 Å². The van der Waals surface area contributed by atoms with E-state index in [4.69, 9.17) is 0 Å². The minimum absolute atomic E-state index is 0.646. The third-order valence-corrected chi connectivity index (χ3v) is 10.8. The number of allylic oxidation sites excluding steroid dienone is 5. The SMILES string of the molecule is CC1=C([Si](C)(C)C2C=CC=C2)c2cc(Br)c3c(c2C1)CCCC3. The molecule has 0 radical (unpaired) electrons. The molecular weight excluding hydrogens is 360 g/mol. The lowest BCUT2D eigenvalue weighted by molar-refractivity contribution is 0.677. The first-order valence-electron chi connectivity index (χ1n) is 8.89. The van der Waals surface area contributed by atoms with E-state index in [1.807, 2.05) is 0 Å². The maximum absolute atomic E-state index is 3.90. The lowest BCUT2D eigenvalue weighted by Crippen LogP contribution is -2.32. The average Bonchev–Trinajstić information content (AvgIpc) is 3.15. The molecule has 120 valence electrons. The summed E-state index contributed by atoms with van der Waals surface area (Å²) in [6.45, 7) is 7.49. The summed E-state index contributed by atoms with van der Waals surface area (Å²) in [5.74, 6) is 0. The van der Waals surface area contributed by atoms with Crippen LogP contribution in [0.3, 0.4) is 0 Å². The summed E-state index contributed by atoms with van der Waals surface area (Å²) in [6, 6.07) is 2.46. The first kappa shape index (κ1) is 15.7. The molecule has 0 aromatic heterocycles. The van der Waals surface area contributed by atoms with Gasteiger partial charge in [0.05, 0.1) is 8.07 Å². The number of halogens is 1. The highest BCUT2D eigenvalue weighted by Crippen LogP contribution is 2.48. The Bertz CT molecular complexity index is 753. The van der Waals surface area contributed by atoms with Crippen molar-refractivity contribution in [3.05, 3.63) is 62.7 Å². The van der Waals surface area contributed by atoms with Gasteiger partial charge in [0.2, 0.25) is 0 Å². The molecule has 0 amide bonds. The molecule has 0 atom stereocenters. The van der Waals surface area contributed by atoms with Crippen molar-refractivity contribution in [3.8, 4) is 0 Å². The van der Waals surface area contributed by atoms with Crippen LogP contribution in [0.5, 0.6) is 0 Å². The Kier molecular flexibility index (Phi) is 3.81. The molecule has 3 aliphatic carbocycles. The van der Waals surface area contributed by atoms with Gasteiger partial charge in [-0.05, 0) is 72.9 Å². The van der Waals surface area contributed by atoms with Crippen molar-refractivity contribution >= 4 is 29.2 Å². The third-order valence-electron chi connectivity index (χ3n) is 6.08. The molecule has 0 bridgehead atoms. The second kappa shape index (κ2) is 5.60. The second-order valence-electron chi connectivity index (χ2n) is 7.90. The normalized spacial score (nSPS) is 20.3. The van der Waals surface area contributed by atoms with E-state index < -0.39 is 8.07 Å². The first-order chi connectivity index (χ1) is 11.0. The van der Waals surface area contributed by atoms with Crippen LogP contribution in [0, 0.1) is 0 Å². The van der Waals surface area contributed by atoms with Crippen molar-refractivity contribution in [3.63, 3.8) is 0 Å². The lowest BCUT2D eigenvalue weighted by atomic mass is 9.86. The zero-order valence-electron chi connectivity index (χ0n) is 14.4. The van der Waals surface area contributed by atoms with Crippen molar-refractivity contribution in [2.45, 2.75) is 57.7 Å². The van der Waals surface area contributed by atoms with Gasteiger partial charge in [0.1, 0.15) is 0 Å². The maximum atomic E-state index is 3.90. The van der Waals surface area contributed by atoms with E-state index in [0.717, 1.165) is 0 Å². The Morgan fingerprint density at radius 2 is 1.65 bits per heavy atom. The summed E-state index contributed by atoms with van der Waals surface area (Å²) >= 11 is 3.90. The van der Waals surface area contributed by atoms with E-state index in [1.54, 1.807) is 33.0 Å². The Morgan fingerprint density at radius 1 is 1.00 bits per heavy atom. The summed E-state index contributed by atoms with van der Waals surface area (Å²) in [5.41, 5.74) is 8.81. The molecule has 0 N–H and O–H groups in total. The van der Waals surface area contributed by atoms with Crippen LogP contribution in [0.4, 0.5) is 0 Å². The molecule has 0 fully saturated rings. The summed E-state index contributed by atoms with van der Waals surface area (Å²) in [6.07, 6.45) is 15.7. The number of hydrogen-bond acceptors (Lipinski definition) is 0. The highest BCUT2D eigenvalue weighted by molar-refractivity contribution is 9.10. The molecule has 2 heteroatoms. The molecule has 1 aromatic carbocycles. The zero-order chi connectivity index (χ0) is 16.2. The van der Waals surface area contributed by atoms with Crippen LogP contribution in [-0.4, -0.2) is 8.07 Å². The van der Waals surface area contributed by atoms with Crippen LogP contribution in [0.25, 0.3) is 5.20 Å². The van der Waals surface area contributed by atoms with Crippen molar-refractivity contribution in [2.75, 3.05) is 0 Å². The van der Waals surface area contributed by atoms with Crippen LogP contribution in [0.2, 0.25) is 18.6 Å². The molecule has 0 saturated carbocycles. The van der Waals surface area contributed by atoms with Crippen LogP contribution >= 0.6 is 15.9 Å². The van der Waals surface area contributed by atoms with Gasteiger partial charge in [0, 0.05) is 4.47 Å². The van der Waals surface area contributed by atoms with Crippen molar-refractivity contribution in [1.29, 1.82) is 0 Å². The van der Waals surface area contributed by atoms with E-state index in [-0.39, 0.29) is 0 Å². The molecule has 0 aliphatic heterocycles. The van der Waals surface area contributed by atoms with Crippen LogP contribution in [0.15, 0.2) is 40.4 Å². The van der Waals surface area contributed by atoms with Gasteiger partial charge >= 0.3 is 0 Å². The smallest absolute Gasteiger partial charge is 0.0800 e. The molecule has 0 heterocycles. The second-order valence-corrected chi connectivity index (χ2v) is 13.4. The average molecular weight is 385 g/mol. The fourth-order valence-electron chi connectivity index (χ4n) is 4.95. The molecular formula is C21H25BrSi. The molecule has 23 heavy (non-hydrogen) atoms. The highest BCUT2D eigenvalue weighted by Gasteiger charge is 2.39. The topological polar surface area (TPSA) is 0 Å². The van der Waals surface area contributed by atoms with Gasteiger partial charge in [0.15, 0.2) is 0 Å². The van der Waals surface area contributed by atoms with Crippen LogP contribution in [0.1, 0.15) is 42.0 Å². The molecule has 4 rings (SSSR count). The van der Waals surface area contributed by atoms with Crippen molar-refractivity contribution < 1.29 is 0 Å². The van der Waals surface area contributed by atoms with Gasteiger partial charge in [-0.1, -0.05) is 64.1 Å². The Balaban J connectivity index is 1.86. The van der Waals surface area contributed by atoms with Crippen molar-refractivity contribution in [2.24, 2.45) is 0 Å². The minimum Gasteiger partial charge on any atom is -0.0800 e. The third kappa shape index (κ3) is 2.37. The van der Waals surface area contributed by atoms with Gasteiger partial charge in [-0.15, -0.1) is 0 Å². The molecule has 0 unspecified atom stereocenters. The summed E-state index contributed by atoms with van der Waals surface area (Å²) < 4.78 is 1.36. The Hall–Kier alpha value is -0.863. The fraction of sp³-hybridized carbons (Fsp3) is 0.429. The number of hydrogen-bond donors (Lipinski definition) is 0.